The van der Waals surface area contributed by atoms with E-state index in [1.807, 2.05) is 4.57 Å². The highest BCUT2D eigenvalue weighted by Gasteiger charge is 1.90. The van der Waals surface area contributed by atoms with E-state index in [0.717, 1.165) is 12.3 Å². The highest BCUT2D eigenvalue weighted by molar-refractivity contribution is 7.98. The van der Waals surface area contributed by atoms with Crippen LogP contribution in [0.15, 0.2) is 6.33 Å². The van der Waals surface area contributed by atoms with Crippen LogP contribution in [0, 0.1) is 4.77 Å². The summed E-state index contributed by atoms with van der Waals surface area (Å²) >= 11 is 6.73. The molecular formula is C5H9N3S2. The minimum atomic E-state index is 0.703. The maximum atomic E-state index is 4.93. The van der Waals surface area contributed by atoms with Crippen LogP contribution in [0.1, 0.15) is 0 Å². The molecule has 0 aromatic carbocycles. The summed E-state index contributed by atoms with van der Waals surface area (Å²) in [5.41, 5.74) is 0. The molecule has 0 aliphatic heterocycles. The monoisotopic (exact) mass is 175 g/mol. The van der Waals surface area contributed by atoms with Crippen molar-refractivity contribution in [2.24, 2.45) is 0 Å². The maximum absolute atomic E-state index is 4.93. The Labute approximate surface area is 68.8 Å². The van der Waals surface area contributed by atoms with Crippen LogP contribution >= 0.6 is 24.0 Å². The molecule has 0 atom stereocenters. The van der Waals surface area contributed by atoms with Crippen molar-refractivity contribution < 1.29 is 0 Å². The van der Waals surface area contributed by atoms with Crippen molar-refractivity contribution in [1.29, 1.82) is 0 Å². The van der Waals surface area contributed by atoms with Crippen molar-refractivity contribution in [2.75, 3.05) is 12.0 Å². The predicted molar refractivity (Wildman–Crippen MR) is 45.8 cm³/mol. The van der Waals surface area contributed by atoms with Crippen LogP contribution in [0.2, 0.25) is 0 Å². The number of thioether (sulfide) groups is 1. The Balaban J connectivity index is 2.57. The highest BCUT2D eigenvalue weighted by Crippen LogP contribution is 1.94. The van der Waals surface area contributed by atoms with Crippen molar-refractivity contribution in [2.45, 2.75) is 6.54 Å². The van der Waals surface area contributed by atoms with Gasteiger partial charge in [-0.1, -0.05) is 0 Å². The lowest BCUT2D eigenvalue weighted by molar-refractivity contribution is 0.757. The van der Waals surface area contributed by atoms with Gasteiger partial charge >= 0.3 is 0 Å². The fourth-order valence-corrected chi connectivity index (χ4v) is 1.19. The van der Waals surface area contributed by atoms with Crippen LogP contribution in [0.5, 0.6) is 0 Å². The van der Waals surface area contributed by atoms with E-state index >= 15 is 0 Å². The average Bonchev–Trinajstić information content (AvgIpc) is 2.31. The Hall–Kier alpha value is -0.290. The molecule has 0 aliphatic rings. The molecule has 0 amide bonds. The van der Waals surface area contributed by atoms with Crippen LogP contribution in [0.25, 0.3) is 0 Å². The summed E-state index contributed by atoms with van der Waals surface area (Å²) in [4.78, 5) is 0. The third-order valence-electron chi connectivity index (χ3n) is 1.15. The van der Waals surface area contributed by atoms with Gasteiger partial charge in [0.15, 0.2) is 4.77 Å². The van der Waals surface area contributed by atoms with Crippen LogP contribution in [0.4, 0.5) is 0 Å². The zero-order valence-corrected chi connectivity index (χ0v) is 7.34. The highest BCUT2D eigenvalue weighted by atomic mass is 32.2. The standard InChI is InChI=1S/C5H9N3S2/c1-10-3-2-8-4-6-7-5(8)9/h4H,2-3H2,1H3,(H,7,9). The van der Waals surface area contributed by atoms with Gasteiger partial charge in [-0.05, 0) is 18.5 Å². The lowest BCUT2D eigenvalue weighted by Gasteiger charge is -1.96. The second kappa shape index (κ2) is 3.78. The van der Waals surface area contributed by atoms with Gasteiger partial charge in [0.05, 0.1) is 0 Å². The van der Waals surface area contributed by atoms with Gasteiger partial charge in [0.25, 0.3) is 0 Å². The van der Waals surface area contributed by atoms with Crippen LogP contribution in [-0.2, 0) is 6.54 Å². The van der Waals surface area contributed by atoms with Gasteiger partial charge in [0.1, 0.15) is 6.33 Å². The van der Waals surface area contributed by atoms with Gasteiger partial charge in [0.2, 0.25) is 0 Å². The molecule has 0 fully saturated rings. The van der Waals surface area contributed by atoms with Gasteiger partial charge < -0.3 is 4.57 Å². The number of nitrogens with one attached hydrogen (secondary N) is 1. The van der Waals surface area contributed by atoms with Crippen LogP contribution in [0.3, 0.4) is 0 Å². The molecule has 1 aromatic heterocycles. The molecule has 0 unspecified atom stereocenters. The molecule has 5 heteroatoms. The molecule has 0 aliphatic carbocycles. The first-order chi connectivity index (χ1) is 4.84. The number of rotatable bonds is 3. The summed E-state index contributed by atoms with van der Waals surface area (Å²) in [5, 5.41) is 6.50. The Morgan fingerprint density at radius 3 is 3.20 bits per heavy atom. The molecule has 10 heavy (non-hydrogen) atoms. The minimum absolute atomic E-state index is 0.703. The molecular weight excluding hydrogens is 166 g/mol. The Morgan fingerprint density at radius 1 is 1.90 bits per heavy atom. The van der Waals surface area contributed by atoms with Crippen molar-refractivity contribution in [3.63, 3.8) is 0 Å². The molecule has 0 bridgehead atoms. The predicted octanol–water partition coefficient (Wildman–Crippen LogP) is 1.30. The van der Waals surface area contributed by atoms with Crippen LogP contribution in [-0.4, -0.2) is 26.8 Å². The average molecular weight is 175 g/mol. The summed E-state index contributed by atoms with van der Waals surface area (Å²) < 4.78 is 2.63. The fourth-order valence-electron chi connectivity index (χ4n) is 0.619. The number of H-pyrrole nitrogens is 1. The van der Waals surface area contributed by atoms with E-state index in [1.54, 1.807) is 18.1 Å². The Morgan fingerprint density at radius 2 is 2.70 bits per heavy atom. The lowest BCUT2D eigenvalue weighted by Crippen LogP contribution is -1.97. The zero-order valence-electron chi connectivity index (χ0n) is 5.70. The molecule has 0 radical (unpaired) electrons. The Bertz CT molecular complexity index is 239. The van der Waals surface area contributed by atoms with Crippen molar-refractivity contribution in [3.8, 4) is 0 Å². The number of nitrogens with zero attached hydrogens (tertiary/aromatic N) is 2. The number of aryl methyl sites for hydroxylation is 1. The number of hydrogen-bond acceptors (Lipinski definition) is 3. The van der Waals surface area contributed by atoms with E-state index in [9.17, 15) is 0 Å². The van der Waals surface area contributed by atoms with Gasteiger partial charge in [-0.15, -0.1) is 0 Å². The zero-order chi connectivity index (χ0) is 7.40. The quantitative estimate of drug-likeness (QED) is 0.703. The first kappa shape index (κ1) is 7.81. The van der Waals surface area contributed by atoms with Gasteiger partial charge in [-0.25, -0.2) is 0 Å². The molecule has 1 aromatic rings. The SMILES string of the molecule is CSCCn1cn[nH]c1=S. The molecule has 0 spiro atoms. The number of hydrogen-bond donors (Lipinski definition) is 1. The summed E-state index contributed by atoms with van der Waals surface area (Å²) in [7, 11) is 0. The molecule has 1 rings (SSSR count). The van der Waals surface area contributed by atoms with E-state index < -0.39 is 0 Å². The number of aromatic nitrogens is 3. The molecule has 0 saturated heterocycles. The van der Waals surface area contributed by atoms with Crippen LogP contribution < -0.4 is 0 Å². The molecule has 1 heterocycles. The molecule has 3 nitrogen and oxygen atoms in total. The third kappa shape index (κ3) is 1.85. The van der Waals surface area contributed by atoms with E-state index in [-0.39, 0.29) is 0 Å². The first-order valence-electron chi connectivity index (χ1n) is 2.93. The molecule has 0 saturated carbocycles. The normalized spacial score (nSPS) is 10.1. The van der Waals surface area contributed by atoms with E-state index in [2.05, 4.69) is 16.5 Å². The van der Waals surface area contributed by atoms with E-state index in [4.69, 9.17) is 12.2 Å². The van der Waals surface area contributed by atoms with Gasteiger partial charge in [-0.2, -0.15) is 16.9 Å². The minimum Gasteiger partial charge on any atom is -0.306 e. The fraction of sp³-hybridized carbons (Fsp3) is 0.600. The Kier molecular flexibility index (Phi) is 2.95. The van der Waals surface area contributed by atoms with E-state index in [0.29, 0.717) is 4.77 Å². The number of aromatic amines is 1. The largest absolute Gasteiger partial charge is 0.306 e. The van der Waals surface area contributed by atoms with Gasteiger partial charge in [0, 0.05) is 12.3 Å². The smallest absolute Gasteiger partial charge is 0.194 e. The van der Waals surface area contributed by atoms with E-state index in [1.165, 1.54) is 0 Å². The maximum Gasteiger partial charge on any atom is 0.194 e. The third-order valence-corrected chi connectivity index (χ3v) is 2.07. The van der Waals surface area contributed by atoms with Crippen molar-refractivity contribution >= 4 is 24.0 Å². The molecule has 1 N–H and O–H groups in total. The van der Waals surface area contributed by atoms with Crippen molar-refractivity contribution in [1.82, 2.24) is 14.8 Å². The second-order valence-electron chi connectivity index (χ2n) is 1.85. The van der Waals surface area contributed by atoms with Crippen molar-refractivity contribution in [3.05, 3.63) is 11.1 Å². The summed E-state index contributed by atoms with van der Waals surface area (Å²) in [6, 6.07) is 0. The summed E-state index contributed by atoms with van der Waals surface area (Å²) in [6.45, 7) is 0.941. The summed E-state index contributed by atoms with van der Waals surface area (Å²) in [6.07, 6.45) is 3.79. The lowest BCUT2D eigenvalue weighted by atomic mass is 10.7. The summed E-state index contributed by atoms with van der Waals surface area (Å²) in [5.74, 6) is 1.08. The second-order valence-corrected chi connectivity index (χ2v) is 3.22. The first-order valence-corrected chi connectivity index (χ1v) is 4.73. The van der Waals surface area contributed by atoms with Gasteiger partial charge in [-0.3, -0.25) is 5.10 Å². The molecule has 56 valence electrons. The topological polar surface area (TPSA) is 33.6 Å².